The Morgan fingerprint density at radius 1 is 0.938 bits per heavy atom. The topological polar surface area (TPSA) is 53.4 Å². The third kappa shape index (κ3) is 4.55. The highest BCUT2D eigenvalue weighted by Crippen LogP contribution is 2.36. The fraction of sp³-hybridized carbons (Fsp3) is 0.308. The summed E-state index contributed by atoms with van der Waals surface area (Å²) >= 11 is 1.57. The molecule has 5 nitrogen and oxygen atoms in total. The van der Waals surface area contributed by atoms with E-state index >= 15 is 0 Å². The molecular formula is C26H28N2O3S. The van der Waals surface area contributed by atoms with Gasteiger partial charge in [-0.15, -0.1) is 11.3 Å². The minimum Gasteiger partial charge on any atom is -0.494 e. The molecule has 0 spiro atoms. The molecule has 0 bridgehead atoms. The van der Waals surface area contributed by atoms with E-state index in [0.29, 0.717) is 25.1 Å². The summed E-state index contributed by atoms with van der Waals surface area (Å²) in [5.41, 5.74) is 3.19. The van der Waals surface area contributed by atoms with Gasteiger partial charge < -0.3 is 9.47 Å². The molecule has 0 N–H and O–H groups in total. The predicted molar refractivity (Wildman–Crippen MR) is 131 cm³/mol. The lowest BCUT2D eigenvalue weighted by atomic mass is 10.0. The van der Waals surface area contributed by atoms with E-state index in [0.717, 1.165) is 44.6 Å². The third-order valence-electron chi connectivity index (χ3n) is 5.45. The second kappa shape index (κ2) is 9.57. The maximum Gasteiger partial charge on any atom is 0.262 e. The summed E-state index contributed by atoms with van der Waals surface area (Å²) in [4.78, 5) is 20.1. The molecule has 0 unspecified atom stereocenters. The van der Waals surface area contributed by atoms with Gasteiger partial charge in [0.15, 0.2) is 0 Å². The van der Waals surface area contributed by atoms with Gasteiger partial charge in [0.2, 0.25) is 0 Å². The smallest absolute Gasteiger partial charge is 0.262 e. The van der Waals surface area contributed by atoms with Gasteiger partial charge in [0.05, 0.1) is 18.6 Å². The number of ether oxygens (including phenoxy) is 2. The second-order valence-electron chi connectivity index (χ2n) is 7.80. The van der Waals surface area contributed by atoms with Gasteiger partial charge in [-0.25, -0.2) is 4.98 Å². The number of rotatable bonds is 8. The quantitative estimate of drug-likeness (QED) is 0.314. The number of nitrogens with zero attached hydrogens (tertiary/aromatic N) is 2. The Kier molecular flexibility index (Phi) is 6.61. The Balaban J connectivity index is 1.59. The monoisotopic (exact) mass is 448 g/mol. The molecule has 2 aromatic carbocycles. The standard InChI is InChI=1S/C26H28N2O3S/c1-5-30-21-13-9-20(10-14-21)23-18(3)32-25-24(23)26(29)28(19(4)27-25)15-6-16-31-22-11-7-17(2)8-12-22/h7-14H,5-6,15-16H2,1-4H3. The molecule has 0 saturated heterocycles. The van der Waals surface area contributed by atoms with E-state index in [4.69, 9.17) is 14.5 Å². The van der Waals surface area contributed by atoms with Crippen molar-refractivity contribution >= 4 is 21.6 Å². The fourth-order valence-corrected chi connectivity index (χ4v) is 4.92. The van der Waals surface area contributed by atoms with Gasteiger partial charge in [-0.1, -0.05) is 29.8 Å². The minimum atomic E-state index is 0.0103. The van der Waals surface area contributed by atoms with Crippen molar-refractivity contribution in [3.63, 3.8) is 0 Å². The fourth-order valence-electron chi connectivity index (χ4n) is 3.84. The van der Waals surface area contributed by atoms with Crippen molar-refractivity contribution in [2.75, 3.05) is 13.2 Å². The summed E-state index contributed by atoms with van der Waals surface area (Å²) < 4.78 is 13.2. The highest BCUT2D eigenvalue weighted by Gasteiger charge is 2.18. The van der Waals surface area contributed by atoms with Gasteiger partial charge in [-0.2, -0.15) is 0 Å². The lowest BCUT2D eigenvalue weighted by Gasteiger charge is -2.11. The molecule has 0 fully saturated rings. The van der Waals surface area contributed by atoms with Crippen LogP contribution in [-0.2, 0) is 6.54 Å². The second-order valence-corrected chi connectivity index (χ2v) is 9.00. The molecule has 0 saturated carbocycles. The Morgan fingerprint density at radius 3 is 2.28 bits per heavy atom. The van der Waals surface area contributed by atoms with Crippen LogP contribution >= 0.6 is 11.3 Å². The van der Waals surface area contributed by atoms with Crippen LogP contribution in [0.15, 0.2) is 53.3 Å². The van der Waals surface area contributed by atoms with E-state index < -0.39 is 0 Å². The first-order valence-corrected chi connectivity index (χ1v) is 11.7. The number of hydrogen-bond donors (Lipinski definition) is 0. The molecule has 0 radical (unpaired) electrons. The first kappa shape index (κ1) is 22.1. The van der Waals surface area contributed by atoms with Crippen LogP contribution in [0, 0.1) is 20.8 Å². The van der Waals surface area contributed by atoms with Crippen LogP contribution in [0.2, 0.25) is 0 Å². The van der Waals surface area contributed by atoms with E-state index in [1.807, 2.05) is 69.3 Å². The molecule has 6 heteroatoms. The molecule has 4 rings (SSSR count). The summed E-state index contributed by atoms with van der Waals surface area (Å²) in [6.07, 6.45) is 0.726. The first-order valence-electron chi connectivity index (χ1n) is 10.9. The maximum atomic E-state index is 13.5. The maximum absolute atomic E-state index is 13.5. The zero-order valence-electron chi connectivity index (χ0n) is 19.0. The van der Waals surface area contributed by atoms with E-state index in [1.165, 1.54) is 5.56 Å². The number of fused-ring (bicyclic) bond motifs is 1. The van der Waals surface area contributed by atoms with Gasteiger partial charge in [0.25, 0.3) is 5.56 Å². The van der Waals surface area contributed by atoms with Crippen molar-refractivity contribution in [1.29, 1.82) is 0 Å². The molecule has 0 atom stereocenters. The van der Waals surface area contributed by atoms with Crippen LogP contribution in [-0.4, -0.2) is 22.8 Å². The number of benzene rings is 2. The molecule has 0 aliphatic carbocycles. The average molecular weight is 449 g/mol. The van der Waals surface area contributed by atoms with E-state index in [2.05, 4.69) is 6.92 Å². The molecular weight excluding hydrogens is 420 g/mol. The van der Waals surface area contributed by atoms with Gasteiger partial charge in [0.1, 0.15) is 22.2 Å². The average Bonchev–Trinajstić information content (AvgIpc) is 3.11. The van der Waals surface area contributed by atoms with E-state index in [1.54, 1.807) is 15.9 Å². The molecule has 166 valence electrons. The van der Waals surface area contributed by atoms with E-state index in [9.17, 15) is 4.79 Å². The van der Waals surface area contributed by atoms with Crippen LogP contribution in [0.5, 0.6) is 11.5 Å². The van der Waals surface area contributed by atoms with Crippen LogP contribution in [0.4, 0.5) is 0 Å². The van der Waals surface area contributed by atoms with Crippen LogP contribution in [0.1, 0.15) is 29.6 Å². The van der Waals surface area contributed by atoms with Crippen molar-refractivity contribution in [2.24, 2.45) is 0 Å². The zero-order chi connectivity index (χ0) is 22.7. The van der Waals surface area contributed by atoms with E-state index in [-0.39, 0.29) is 5.56 Å². The molecule has 32 heavy (non-hydrogen) atoms. The van der Waals surface area contributed by atoms with Crippen molar-refractivity contribution in [3.8, 4) is 22.6 Å². The van der Waals surface area contributed by atoms with Crippen LogP contribution < -0.4 is 15.0 Å². The Hall–Kier alpha value is -3.12. The van der Waals surface area contributed by atoms with Crippen molar-refractivity contribution in [3.05, 3.63) is 75.1 Å². The number of hydrogen-bond acceptors (Lipinski definition) is 5. The largest absolute Gasteiger partial charge is 0.494 e. The minimum absolute atomic E-state index is 0.0103. The first-order chi connectivity index (χ1) is 15.5. The summed E-state index contributed by atoms with van der Waals surface area (Å²) in [5.74, 6) is 2.41. The molecule has 4 aromatic rings. The molecule has 0 aliphatic rings. The third-order valence-corrected chi connectivity index (χ3v) is 6.45. The van der Waals surface area contributed by atoms with Crippen molar-refractivity contribution in [1.82, 2.24) is 9.55 Å². The molecule has 2 heterocycles. The van der Waals surface area contributed by atoms with Gasteiger partial charge in [-0.05, 0) is 63.9 Å². The predicted octanol–water partition coefficient (Wildman–Crippen LogP) is 5.92. The van der Waals surface area contributed by atoms with Crippen molar-refractivity contribution in [2.45, 2.75) is 40.7 Å². The Labute approximate surface area is 192 Å². The number of aryl methyl sites for hydroxylation is 3. The lowest BCUT2D eigenvalue weighted by molar-refractivity contribution is 0.300. The molecule has 0 aliphatic heterocycles. The van der Waals surface area contributed by atoms with Gasteiger partial charge in [-0.3, -0.25) is 9.36 Å². The SMILES string of the molecule is CCOc1ccc(-c2c(C)sc3nc(C)n(CCCOc4ccc(C)cc4)c(=O)c23)cc1. The summed E-state index contributed by atoms with van der Waals surface area (Å²) in [6.45, 7) is 9.70. The summed E-state index contributed by atoms with van der Waals surface area (Å²) in [7, 11) is 0. The zero-order valence-corrected chi connectivity index (χ0v) is 19.8. The van der Waals surface area contributed by atoms with Gasteiger partial charge >= 0.3 is 0 Å². The summed E-state index contributed by atoms with van der Waals surface area (Å²) in [5, 5.41) is 0.696. The summed E-state index contributed by atoms with van der Waals surface area (Å²) in [6, 6.07) is 15.9. The normalized spacial score (nSPS) is 11.1. The van der Waals surface area contributed by atoms with Crippen LogP contribution in [0.25, 0.3) is 21.3 Å². The Bertz CT molecular complexity index is 1270. The highest BCUT2D eigenvalue weighted by atomic mass is 32.1. The lowest BCUT2D eigenvalue weighted by Crippen LogP contribution is -2.24. The highest BCUT2D eigenvalue weighted by molar-refractivity contribution is 7.19. The van der Waals surface area contributed by atoms with Gasteiger partial charge in [0, 0.05) is 17.0 Å². The van der Waals surface area contributed by atoms with Crippen molar-refractivity contribution < 1.29 is 9.47 Å². The van der Waals surface area contributed by atoms with Crippen LogP contribution in [0.3, 0.4) is 0 Å². The number of aromatic nitrogens is 2. The Morgan fingerprint density at radius 2 is 1.59 bits per heavy atom. The molecule has 2 aromatic heterocycles. The molecule has 0 amide bonds. The number of thiophene rings is 1.